The van der Waals surface area contributed by atoms with Gasteiger partial charge in [0.15, 0.2) is 5.69 Å². The van der Waals surface area contributed by atoms with Crippen LogP contribution in [0.2, 0.25) is 5.02 Å². The predicted molar refractivity (Wildman–Crippen MR) is 138 cm³/mol. The molecule has 0 radical (unpaired) electrons. The number of hydrazone groups is 1. The van der Waals surface area contributed by atoms with E-state index < -0.39 is 5.91 Å². The van der Waals surface area contributed by atoms with Crippen LogP contribution in [0.25, 0.3) is 27.7 Å². The van der Waals surface area contributed by atoms with Gasteiger partial charge >= 0.3 is 0 Å². The van der Waals surface area contributed by atoms with E-state index in [-0.39, 0.29) is 5.69 Å². The van der Waals surface area contributed by atoms with E-state index in [1.54, 1.807) is 29.1 Å². The Kier molecular flexibility index (Phi) is 5.93. The third kappa shape index (κ3) is 4.60. The lowest BCUT2D eigenvalue weighted by molar-refractivity contribution is 0.0949. The Morgan fingerprint density at radius 2 is 1.65 bits per heavy atom. The van der Waals surface area contributed by atoms with Crippen molar-refractivity contribution in [2.75, 3.05) is 0 Å². The number of rotatable bonds is 5. The second-order valence-electron chi connectivity index (χ2n) is 7.97. The maximum Gasteiger partial charge on any atom is 0.291 e. The summed E-state index contributed by atoms with van der Waals surface area (Å²) in [6.45, 7) is 2.04. The highest BCUT2D eigenvalue weighted by atomic mass is 35.5. The molecule has 0 aliphatic carbocycles. The fourth-order valence-electron chi connectivity index (χ4n) is 3.70. The number of halogens is 1. The van der Waals surface area contributed by atoms with Gasteiger partial charge in [0.25, 0.3) is 5.91 Å². The third-order valence-corrected chi connectivity index (χ3v) is 5.77. The molecule has 0 fully saturated rings. The maximum atomic E-state index is 12.9. The van der Waals surface area contributed by atoms with Crippen LogP contribution in [0.15, 0.2) is 102 Å². The van der Waals surface area contributed by atoms with Crippen molar-refractivity contribution >= 4 is 34.5 Å². The number of fused-ring (bicyclic) bond motifs is 1. The highest BCUT2D eigenvalue weighted by molar-refractivity contribution is 6.30. The minimum absolute atomic E-state index is 0.275. The second kappa shape index (κ2) is 9.33. The van der Waals surface area contributed by atoms with E-state index >= 15 is 0 Å². The van der Waals surface area contributed by atoms with Crippen molar-refractivity contribution in [1.82, 2.24) is 15.2 Å². The van der Waals surface area contributed by atoms with Gasteiger partial charge in [-0.05, 0) is 59.7 Å². The Morgan fingerprint density at radius 1 is 0.912 bits per heavy atom. The number of aryl methyl sites for hydroxylation is 1. The molecule has 0 unspecified atom stereocenters. The van der Waals surface area contributed by atoms with Crippen molar-refractivity contribution < 1.29 is 4.79 Å². The quantitative estimate of drug-likeness (QED) is 0.241. The van der Waals surface area contributed by atoms with E-state index in [1.165, 1.54) is 0 Å². The molecular formula is C28H21ClN4O. The lowest BCUT2D eigenvalue weighted by atomic mass is 10.0. The number of nitrogens with zero attached hydrogens (tertiary/aromatic N) is 3. The summed E-state index contributed by atoms with van der Waals surface area (Å²) >= 11 is 5.91. The number of nitrogens with one attached hydrogen (secondary N) is 1. The van der Waals surface area contributed by atoms with Crippen LogP contribution >= 0.6 is 11.6 Å². The molecule has 0 atom stereocenters. The summed E-state index contributed by atoms with van der Waals surface area (Å²) in [6.07, 6.45) is 1.56. The molecule has 1 aromatic heterocycles. The van der Waals surface area contributed by atoms with Gasteiger partial charge in [0.05, 0.1) is 17.6 Å². The Bertz CT molecular complexity index is 1500. The van der Waals surface area contributed by atoms with Crippen LogP contribution < -0.4 is 5.43 Å². The Morgan fingerprint density at radius 3 is 2.41 bits per heavy atom. The minimum Gasteiger partial charge on any atom is -0.265 e. The number of aromatic nitrogens is 2. The molecule has 5 nitrogen and oxygen atoms in total. The van der Waals surface area contributed by atoms with Crippen molar-refractivity contribution in [3.8, 4) is 16.9 Å². The maximum absolute atomic E-state index is 12.9. The SMILES string of the molecule is Cc1ccc(-n2nc(C(=O)N/N=C\c3ccc(Cl)cc3)cc2-c2ccc3ccccc3c2)cc1. The zero-order valence-electron chi connectivity index (χ0n) is 18.4. The van der Waals surface area contributed by atoms with Crippen LogP contribution in [0.3, 0.4) is 0 Å². The summed E-state index contributed by atoms with van der Waals surface area (Å²) in [7, 11) is 0. The second-order valence-corrected chi connectivity index (χ2v) is 8.41. The summed E-state index contributed by atoms with van der Waals surface area (Å²) in [5.74, 6) is -0.391. The van der Waals surface area contributed by atoms with E-state index in [9.17, 15) is 4.79 Å². The first-order valence-electron chi connectivity index (χ1n) is 10.8. The molecule has 4 aromatic carbocycles. The van der Waals surface area contributed by atoms with Crippen LogP contribution in [-0.4, -0.2) is 21.9 Å². The van der Waals surface area contributed by atoms with Gasteiger partial charge in [0, 0.05) is 10.6 Å². The highest BCUT2D eigenvalue weighted by Gasteiger charge is 2.17. The van der Waals surface area contributed by atoms with Crippen molar-refractivity contribution in [1.29, 1.82) is 0 Å². The number of benzene rings is 4. The van der Waals surface area contributed by atoms with Gasteiger partial charge in [-0.2, -0.15) is 10.2 Å². The molecule has 0 aliphatic rings. The monoisotopic (exact) mass is 464 g/mol. The van der Waals surface area contributed by atoms with E-state index in [0.29, 0.717) is 5.02 Å². The minimum atomic E-state index is -0.391. The molecule has 0 spiro atoms. The number of amides is 1. The van der Waals surface area contributed by atoms with Crippen LogP contribution in [0, 0.1) is 6.92 Å². The topological polar surface area (TPSA) is 59.3 Å². The third-order valence-electron chi connectivity index (χ3n) is 5.52. The van der Waals surface area contributed by atoms with Gasteiger partial charge in [0.2, 0.25) is 0 Å². The first-order chi connectivity index (χ1) is 16.6. The van der Waals surface area contributed by atoms with E-state index in [1.807, 2.05) is 61.5 Å². The van der Waals surface area contributed by atoms with Crippen molar-refractivity contribution in [3.63, 3.8) is 0 Å². The van der Waals surface area contributed by atoms with Gasteiger partial charge in [0.1, 0.15) is 0 Å². The Balaban J connectivity index is 1.49. The lowest BCUT2D eigenvalue weighted by Gasteiger charge is -2.09. The van der Waals surface area contributed by atoms with Gasteiger partial charge in [-0.1, -0.05) is 77.8 Å². The summed E-state index contributed by atoms with van der Waals surface area (Å²) in [5.41, 5.74) is 7.48. The molecule has 6 heteroatoms. The average Bonchev–Trinajstić information content (AvgIpc) is 3.31. The summed E-state index contributed by atoms with van der Waals surface area (Å²) in [6, 6.07) is 31.4. The number of carbonyl (C=O) groups excluding carboxylic acids is 1. The Hall–Kier alpha value is -4.22. The van der Waals surface area contributed by atoms with Crippen LogP contribution in [0.5, 0.6) is 0 Å². The van der Waals surface area contributed by atoms with Gasteiger partial charge in [-0.3, -0.25) is 4.79 Å². The molecule has 0 saturated heterocycles. The van der Waals surface area contributed by atoms with Crippen LogP contribution in [0.1, 0.15) is 21.6 Å². The molecule has 166 valence electrons. The highest BCUT2D eigenvalue weighted by Crippen LogP contribution is 2.27. The molecule has 34 heavy (non-hydrogen) atoms. The molecule has 0 bridgehead atoms. The molecule has 0 aliphatic heterocycles. The Labute approximate surface area is 202 Å². The van der Waals surface area contributed by atoms with Crippen molar-refractivity contribution in [2.45, 2.75) is 6.92 Å². The smallest absolute Gasteiger partial charge is 0.265 e. The standard InChI is InChI=1S/C28H21ClN4O/c1-19-6-14-25(15-7-19)33-27(23-11-10-21-4-2-3-5-22(21)16-23)17-26(32-33)28(34)31-30-18-20-8-12-24(29)13-9-20/h2-18H,1H3,(H,31,34)/b30-18-. The van der Waals surface area contributed by atoms with Crippen molar-refractivity contribution in [3.05, 3.63) is 119 Å². The number of hydrogen-bond acceptors (Lipinski definition) is 3. The fourth-order valence-corrected chi connectivity index (χ4v) is 3.83. The molecule has 5 aromatic rings. The zero-order chi connectivity index (χ0) is 23.5. The predicted octanol–water partition coefficient (Wildman–Crippen LogP) is 6.42. The van der Waals surface area contributed by atoms with Crippen molar-refractivity contribution in [2.24, 2.45) is 5.10 Å². The van der Waals surface area contributed by atoms with Crippen LogP contribution in [-0.2, 0) is 0 Å². The fraction of sp³-hybridized carbons (Fsp3) is 0.0357. The molecule has 1 amide bonds. The summed E-state index contributed by atoms with van der Waals surface area (Å²) in [5, 5.41) is 11.6. The van der Waals surface area contributed by atoms with E-state index in [0.717, 1.165) is 38.8 Å². The van der Waals surface area contributed by atoms with Crippen LogP contribution in [0.4, 0.5) is 0 Å². The van der Waals surface area contributed by atoms with E-state index in [2.05, 4.69) is 39.9 Å². The molecule has 0 saturated carbocycles. The summed E-state index contributed by atoms with van der Waals surface area (Å²) in [4.78, 5) is 12.9. The zero-order valence-corrected chi connectivity index (χ0v) is 19.2. The van der Waals surface area contributed by atoms with Gasteiger partial charge < -0.3 is 0 Å². The van der Waals surface area contributed by atoms with E-state index in [4.69, 9.17) is 11.6 Å². The summed E-state index contributed by atoms with van der Waals surface area (Å²) < 4.78 is 1.79. The average molecular weight is 465 g/mol. The number of carbonyl (C=O) groups is 1. The lowest BCUT2D eigenvalue weighted by Crippen LogP contribution is -2.18. The molecule has 1 heterocycles. The first kappa shape index (κ1) is 21.6. The normalized spacial score (nSPS) is 11.2. The molecule has 1 N–H and O–H groups in total. The molecule has 5 rings (SSSR count). The molecular weight excluding hydrogens is 444 g/mol. The number of hydrogen-bond donors (Lipinski definition) is 1. The largest absolute Gasteiger partial charge is 0.291 e. The van der Waals surface area contributed by atoms with Gasteiger partial charge in [-0.15, -0.1) is 0 Å². The van der Waals surface area contributed by atoms with Gasteiger partial charge in [-0.25, -0.2) is 10.1 Å². The first-order valence-corrected chi connectivity index (χ1v) is 11.2.